The number of halogens is 1. The summed E-state index contributed by atoms with van der Waals surface area (Å²) in [4.78, 5) is 24.2. The Morgan fingerprint density at radius 3 is 2.66 bits per heavy atom. The third-order valence-corrected chi connectivity index (χ3v) is 6.07. The van der Waals surface area contributed by atoms with Crippen LogP contribution < -0.4 is 10.6 Å². The van der Waals surface area contributed by atoms with Gasteiger partial charge in [0.05, 0.1) is 24.9 Å². The summed E-state index contributed by atoms with van der Waals surface area (Å²) in [5.74, 6) is 0.404. The van der Waals surface area contributed by atoms with E-state index in [0.717, 1.165) is 30.6 Å². The van der Waals surface area contributed by atoms with Gasteiger partial charge in [-0.25, -0.2) is 14.8 Å². The Hall–Kier alpha value is -1.72. The summed E-state index contributed by atoms with van der Waals surface area (Å²) < 4.78 is 5.12. The molecule has 1 heterocycles. The van der Waals surface area contributed by atoms with Crippen LogP contribution in [0.1, 0.15) is 65.2 Å². The highest BCUT2D eigenvalue weighted by Crippen LogP contribution is 2.24. The molecule has 2 rings (SSSR count). The quantitative estimate of drug-likeness (QED) is 0.189. The molecule has 1 unspecified atom stereocenters. The number of hydrogen-bond donors (Lipinski definition) is 2. The molecule has 0 aliphatic carbocycles. The Morgan fingerprint density at radius 2 is 2.00 bits per heavy atom. The molecule has 178 valence electrons. The summed E-state index contributed by atoms with van der Waals surface area (Å²) in [6.07, 6.45) is 0. The van der Waals surface area contributed by atoms with E-state index in [1.54, 1.807) is 6.92 Å². The predicted octanol–water partition coefficient (Wildman–Crippen LogP) is 4.51. The standard InChI is InChI=1S/C23H35N5O2S.HI/c1-7-24-23(25-14-18-11-10-12-19(13-18)15-28(6)8-2)27-17(5)21-26-16(4)20(31-21)22(29)30-9-3;/h10-13,17H,7-9,14-15H2,1-6H3,(H2,24,25,27);1H. The van der Waals surface area contributed by atoms with Crippen molar-refractivity contribution in [2.75, 3.05) is 26.7 Å². The molecule has 0 fully saturated rings. The molecular weight excluding hydrogens is 537 g/mol. The van der Waals surface area contributed by atoms with E-state index in [1.807, 2.05) is 20.8 Å². The van der Waals surface area contributed by atoms with Crippen LogP contribution in [0.15, 0.2) is 29.3 Å². The molecule has 2 aromatic rings. The second-order valence-corrected chi connectivity index (χ2v) is 8.43. The number of nitrogens with one attached hydrogen (secondary N) is 2. The van der Waals surface area contributed by atoms with Crippen LogP contribution in [0, 0.1) is 6.92 Å². The first-order chi connectivity index (χ1) is 14.9. The number of guanidine groups is 1. The minimum absolute atomic E-state index is 0. The fraction of sp³-hybridized carbons (Fsp3) is 0.522. The number of ether oxygens (including phenoxy) is 1. The Labute approximate surface area is 213 Å². The van der Waals surface area contributed by atoms with Crippen molar-refractivity contribution in [1.29, 1.82) is 0 Å². The highest BCUT2D eigenvalue weighted by molar-refractivity contribution is 14.0. The Balaban J connectivity index is 0.00000512. The van der Waals surface area contributed by atoms with E-state index in [4.69, 9.17) is 9.73 Å². The number of benzene rings is 1. The van der Waals surface area contributed by atoms with E-state index in [-0.39, 0.29) is 36.0 Å². The Morgan fingerprint density at radius 1 is 1.28 bits per heavy atom. The molecule has 9 heteroatoms. The minimum atomic E-state index is -0.315. The van der Waals surface area contributed by atoms with Crippen LogP contribution in [0.25, 0.3) is 0 Å². The molecule has 0 spiro atoms. The van der Waals surface area contributed by atoms with Crippen molar-refractivity contribution in [3.05, 3.63) is 51.0 Å². The molecule has 7 nitrogen and oxygen atoms in total. The van der Waals surface area contributed by atoms with E-state index in [9.17, 15) is 4.79 Å². The smallest absolute Gasteiger partial charge is 0.350 e. The van der Waals surface area contributed by atoms with E-state index in [1.165, 1.54) is 22.5 Å². The number of carbonyl (C=O) groups is 1. The molecule has 0 aliphatic heterocycles. The Bertz CT molecular complexity index is 887. The van der Waals surface area contributed by atoms with Crippen molar-refractivity contribution in [2.24, 2.45) is 4.99 Å². The van der Waals surface area contributed by atoms with Crippen molar-refractivity contribution >= 4 is 47.2 Å². The summed E-state index contributed by atoms with van der Waals surface area (Å²) in [5, 5.41) is 7.52. The highest BCUT2D eigenvalue weighted by atomic mass is 127. The van der Waals surface area contributed by atoms with Crippen molar-refractivity contribution in [1.82, 2.24) is 20.5 Å². The molecule has 1 atom stereocenters. The normalized spacial score (nSPS) is 12.3. The molecule has 0 bridgehead atoms. The maximum atomic E-state index is 12.1. The second kappa shape index (κ2) is 14.4. The fourth-order valence-electron chi connectivity index (χ4n) is 3.00. The van der Waals surface area contributed by atoms with E-state index in [0.29, 0.717) is 23.7 Å². The van der Waals surface area contributed by atoms with Gasteiger partial charge in [0.25, 0.3) is 0 Å². The minimum Gasteiger partial charge on any atom is -0.462 e. The number of nitrogens with zero attached hydrogens (tertiary/aromatic N) is 3. The van der Waals surface area contributed by atoms with Crippen molar-refractivity contribution in [3.8, 4) is 0 Å². The molecule has 0 aliphatic rings. The van der Waals surface area contributed by atoms with Crippen molar-refractivity contribution < 1.29 is 9.53 Å². The number of carbonyl (C=O) groups excluding carboxylic acids is 1. The summed E-state index contributed by atoms with van der Waals surface area (Å²) >= 11 is 1.36. The predicted molar refractivity (Wildman–Crippen MR) is 143 cm³/mol. The van der Waals surface area contributed by atoms with Gasteiger partial charge in [-0.15, -0.1) is 35.3 Å². The Kier molecular flexibility index (Phi) is 12.8. The number of hydrogen-bond acceptors (Lipinski definition) is 6. The van der Waals surface area contributed by atoms with Crippen LogP contribution in [0.3, 0.4) is 0 Å². The van der Waals surface area contributed by atoms with Gasteiger partial charge in [0.2, 0.25) is 0 Å². The maximum Gasteiger partial charge on any atom is 0.350 e. The second-order valence-electron chi connectivity index (χ2n) is 7.40. The lowest BCUT2D eigenvalue weighted by Crippen LogP contribution is -2.38. The zero-order valence-corrected chi connectivity index (χ0v) is 23.0. The monoisotopic (exact) mass is 573 g/mol. The maximum absolute atomic E-state index is 12.1. The topological polar surface area (TPSA) is 78.9 Å². The first-order valence-electron chi connectivity index (χ1n) is 10.8. The molecule has 32 heavy (non-hydrogen) atoms. The van der Waals surface area contributed by atoms with Gasteiger partial charge in [-0.2, -0.15) is 0 Å². The van der Waals surface area contributed by atoms with Crippen LogP contribution in [-0.2, 0) is 17.8 Å². The molecule has 0 amide bonds. The number of aryl methyl sites for hydroxylation is 1. The van der Waals surface area contributed by atoms with Gasteiger partial charge in [-0.1, -0.05) is 31.2 Å². The van der Waals surface area contributed by atoms with Crippen LogP contribution >= 0.6 is 35.3 Å². The van der Waals surface area contributed by atoms with Gasteiger partial charge in [-0.3, -0.25) is 0 Å². The molecule has 0 saturated heterocycles. The van der Waals surface area contributed by atoms with Crippen LogP contribution in [-0.4, -0.2) is 48.6 Å². The van der Waals surface area contributed by atoms with Gasteiger partial charge in [-0.05, 0) is 52.4 Å². The van der Waals surface area contributed by atoms with Gasteiger partial charge in [0.1, 0.15) is 9.88 Å². The van der Waals surface area contributed by atoms with E-state index >= 15 is 0 Å². The van der Waals surface area contributed by atoms with Crippen molar-refractivity contribution in [2.45, 2.75) is 53.8 Å². The molecule has 0 radical (unpaired) electrons. The van der Waals surface area contributed by atoms with Gasteiger partial charge >= 0.3 is 5.97 Å². The summed E-state index contributed by atoms with van der Waals surface area (Å²) in [6, 6.07) is 8.45. The average Bonchev–Trinajstić information content (AvgIpc) is 3.14. The zero-order chi connectivity index (χ0) is 22.8. The number of esters is 1. The zero-order valence-electron chi connectivity index (χ0n) is 19.9. The lowest BCUT2D eigenvalue weighted by Gasteiger charge is -2.16. The van der Waals surface area contributed by atoms with Crippen LogP contribution in [0.5, 0.6) is 0 Å². The van der Waals surface area contributed by atoms with Gasteiger partial charge < -0.3 is 20.3 Å². The van der Waals surface area contributed by atoms with Crippen molar-refractivity contribution in [3.63, 3.8) is 0 Å². The van der Waals surface area contributed by atoms with Crippen LogP contribution in [0.2, 0.25) is 0 Å². The molecule has 1 aromatic carbocycles. The number of aromatic nitrogens is 1. The first kappa shape index (κ1) is 28.3. The van der Waals surface area contributed by atoms with E-state index in [2.05, 4.69) is 58.8 Å². The fourth-order valence-corrected chi connectivity index (χ4v) is 3.96. The van der Waals surface area contributed by atoms with Gasteiger partial charge in [0.15, 0.2) is 5.96 Å². The molecule has 2 N–H and O–H groups in total. The highest BCUT2D eigenvalue weighted by Gasteiger charge is 2.20. The number of rotatable bonds is 10. The first-order valence-corrected chi connectivity index (χ1v) is 11.6. The average molecular weight is 574 g/mol. The SMILES string of the molecule is CCNC(=NCc1cccc(CN(C)CC)c1)NC(C)c1nc(C)c(C(=O)OCC)s1.I. The summed E-state index contributed by atoms with van der Waals surface area (Å²) in [5.41, 5.74) is 3.15. The lowest BCUT2D eigenvalue weighted by atomic mass is 10.1. The van der Waals surface area contributed by atoms with Crippen LogP contribution in [0.4, 0.5) is 0 Å². The third-order valence-electron chi connectivity index (χ3n) is 4.75. The lowest BCUT2D eigenvalue weighted by molar-refractivity contribution is 0.0531. The third kappa shape index (κ3) is 8.67. The number of thiazole rings is 1. The largest absolute Gasteiger partial charge is 0.462 e. The van der Waals surface area contributed by atoms with Gasteiger partial charge in [0, 0.05) is 13.1 Å². The molecule has 0 saturated carbocycles. The molecule has 1 aromatic heterocycles. The molecular formula is C23H36IN5O2S. The number of aliphatic imine (C=N–C) groups is 1. The summed E-state index contributed by atoms with van der Waals surface area (Å²) in [6.45, 7) is 13.5. The van der Waals surface area contributed by atoms with E-state index < -0.39 is 0 Å². The summed E-state index contributed by atoms with van der Waals surface area (Å²) in [7, 11) is 2.12.